The predicted octanol–water partition coefficient (Wildman–Crippen LogP) is -1.05. The van der Waals surface area contributed by atoms with E-state index in [1.807, 2.05) is 13.8 Å². The third-order valence-electron chi connectivity index (χ3n) is 2.82. The maximum absolute atomic E-state index is 11.5. The van der Waals surface area contributed by atoms with Gasteiger partial charge in [-0.25, -0.2) is 4.98 Å². The van der Waals surface area contributed by atoms with E-state index >= 15 is 0 Å². The first-order valence-corrected chi connectivity index (χ1v) is 6.65. The van der Waals surface area contributed by atoms with Gasteiger partial charge in [-0.3, -0.25) is 14.7 Å². The molecule has 0 unspecified atom stereocenters. The summed E-state index contributed by atoms with van der Waals surface area (Å²) in [4.78, 5) is 27.0. The van der Waals surface area contributed by atoms with Gasteiger partial charge in [0.25, 0.3) is 0 Å². The number of carbonyl (C=O) groups is 2. The third kappa shape index (κ3) is 5.79. The summed E-state index contributed by atoms with van der Waals surface area (Å²) in [5, 5.41) is 11.7. The van der Waals surface area contributed by atoms with E-state index in [1.165, 1.54) is 6.33 Å². The summed E-state index contributed by atoms with van der Waals surface area (Å²) >= 11 is 0. The van der Waals surface area contributed by atoms with Crippen molar-refractivity contribution in [2.45, 2.75) is 32.7 Å². The maximum atomic E-state index is 11.5. The van der Waals surface area contributed by atoms with Gasteiger partial charge in [0.15, 0.2) is 0 Å². The highest BCUT2D eigenvalue weighted by Gasteiger charge is 2.17. The molecule has 0 fully saturated rings. The molecular formula is C12H22N6O2. The molecular weight excluding hydrogens is 260 g/mol. The van der Waals surface area contributed by atoms with Crippen molar-refractivity contribution in [1.29, 1.82) is 0 Å². The molecule has 1 atom stereocenters. The van der Waals surface area contributed by atoms with E-state index in [9.17, 15) is 9.59 Å². The van der Waals surface area contributed by atoms with Crippen LogP contribution >= 0.6 is 0 Å². The van der Waals surface area contributed by atoms with E-state index in [0.29, 0.717) is 13.0 Å². The molecule has 0 bridgehead atoms. The van der Waals surface area contributed by atoms with Crippen LogP contribution in [-0.4, -0.2) is 46.1 Å². The Morgan fingerprint density at radius 1 is 1.40 bits per heavy atom. The standard InChI is InChI=1S/C12H22N6O2/c1-8(2)11(13)12(20)15-6-10(19)14-5-3-4-9-16-7-17-18-9/h7-8,11H,3-6,13H2,1-2H3,(H,14,19)(H,15,20)(H,16,17,18)/t11-/m0/s1. The van der Waals surface area contributed by atoms with Crippen molar-refractivity contribution in [3.8, 4) is 0 Å². The second-order valence-corrected chi connectivity index (χ2v) is 4.87. The van der Waals surface area contributed by atoms with Crippen LogP contribution < -0.4 is 16.4 Å². The van der Waals surface area contributed by atoms with Crippen molar-refractivity contribution >= 4 is 11.8 Å². The topological polar surface area (TPSA) is 126 Å². The van der Waals surface area contributed by atoms with Crippen LogP contribution in [0.1, 0.15) is 26.1 Å². The van der Waals surface area contributed by atoms with E-state index in [4.69, 9.17) is 5.73 Å². The summed E-state index contributed by atoms with van der Waals surface area (Å²) in [7, 11) is 0. The molecule has 20 heavy (non-hydrogen) atoms. The Hall–Kier alpha value is -1.96. The fourth-order valence-electron chi connectivity index (χ4n) is 1.49. The molecule has 0 aromatic carbocycles. The highest BCUT2D eigenvalue weighted by atomic mass is 16.2. The molecule has 1 aromatic heterocycles. The van der Waals surface area contributed by atoms with E-state index in [-0.39, 0.29) is 24.3 Å². The lowest BCUT2D eigenvalue weighted by atomic mass is 10.1. The second-order valence-electron chi connectivity index (χ2n) is 4.87. The quantitative estimate of drug-likeness (QED) is 0.453. The van der Waals surface area contributed by atoms with Crippen molar-refractivity contribution in [1.82, 2.24) is 25.8 Å². The Balaban J connectivity index is 2.10. The number of H-pyrrole nitrogens is 1. The van der Waals surface area contributed by atoms with Crippen molar-refractivity contribution in [3.05, 3.63) is 12.2 Å². The van der Waals surface area contributed by atoms with Gasteiger partial charge in [-0.2, -0.15) is 5.10 Å². The van der Waals surface area contributed by atoms with E-state index in [0.717, 1.165) is 12.2 Å². The SMILES string of the molecule is CC(C)[C@H](N)C(=O)NCC(=O)NCCCc1ncn[nH]1. The molecule has 112 valence electrons. The number of nitrogens with zero attached hydrogens (tertiary/aromatic N) is 2. The van der Waals surface area contributed by atoms with E-state index in [2.05, 4.69) is 25.8 Å². The van der Waals surface area contributed by atoms with Crippen LogP contribution in [0.4, 0.5) is 0 Å². The van der Waals surface area contributed by atoms with Crippen molar-refractivity contribution < 1.29 is 9.59 Å². The molecule has 0 radical (unpaired) electrons. The van der Waals surface area contributed by atoms with Gasteiger partial charge in [-0.15, -0.1) is 0 Å². The summed E-state index contributed by atoms with van der Waals surface area (Å²) in [6.07, 6.45) is 2.91. The van der Waals surface area contributed by atoms with Crippen LogP contribution in [0.5, 0.6) is 0 Å². The van der Waals surface area contributed by atoms with Crippen LogP contribution in [-0.2, 0) is 16.0 Å². The average molecular weight is 282 g/mol. The Kier molecular flexibility index (Phi) is 6.65. The fourth-order valence-corrected chi connectivity index (χ4v) is 1.49. The fraction of sp³-hybridized carbons (Fsp3) is 0.667. The normalized spacial score (nSPS) is 12.2. The minimum atomic E-state index is -0.589. The Bertz CT molecular complexity index is 418. The van der Waals surface area contributed by atoms with Gasteiger partial charge < -0.3 is 16.4 Å². The molecule has 1 aromatic rings. The highest BCUT2D eigenvalue weighted by molar-refractivity contribution is 5.87. The zero-order valence-corrected chi connectivity index (χ0v) is 11.8. The molecule has 0 aliphatic rings. The molecule has 8 nitrogen and oxygen atoms in total. The Labute approximate surface area is 117 Å². The number of hydrogen-bond donors (Lipinski definition) is 4. The number of aromatic nitrogens is 3. The molecule has 0 aliphatic carbocycles. The lowest BCUT2D eigenvalue weighted by molar-refractivity contribution is -0.127. The number of carbonyl (C=O) groups excluding carboxylic acids is 2. The Morgan fingerprint density at radius 3 is 2.75 bits per heavy atom. The largest absolute Gasteiger partial charge is 0.355 e. The third-order valence-corrected chi connectivity index (χ3v) is 2.82. The first kappa shape index (κ1) is 16.1. The number of amides is 2. The maximum Gasteiger partial charge on any atom is 0.239 e. The van der Waals surface area contributed by atoms with E-state index in [1.54, 1.807) is 0 Å². The van der Waals surface area contributed by atoms with Gasteiger partial charge in [0.1, 0.15) is 12.2 Å². The molecule has 5 N–H and O–H groups in total. The predicted molar refractivity (Wildman–Crippen MR) is 73.5 cm³/mol. The van der Waals surface area contributed by atoms with Gasteiger partial charge in [0.05, 0.1) is 12.6 Å². The first-order chi connectivity index (χ1) is 9.50. The summed E-state index contributed by atoms with van der Waals surface area (Å²) < 4.78 is 0. The minimum absolute atomic E-state index is 0.0416. The van der Waals surface area contributed by atoms with Crippen LogP contribution in [0.15, 0.2) is 6.33 Å². The second kappa shape index (κ2) is 8.26. The average Bonchev–Trinajstić information content (AvgIpc) is 2.93. The molecule has 1 heterocycles. The summed E-state index contributed by atoms with van der Waals surface area (Å²) in [5.74, 6) is 0.291. The van der Waals surface area contributed by atoms with Crippen molar-refractivity contribution in [3.63, 3.8) is 0 Å². The molecule has 0 aliphatic heterocycles. The zero-order valence-electron chi connectivity index (χ0n) is 11.8. The van der Waals surface area contributed by atoms with Crippen molar-refractivity contribution in [2.24, 2.45) is 11.7 Å². The molecule has 0 spiro atoms. The van der Waals surface area contributed by atoms with Gasteiger partial charge in [-0.05, 0) is 12.3 Å². The number of aromatic amines is 1. The molecule has 0 saturated carbocycles. The monoisotopic (exact) mass is 282 g/mol. The van der Waals surface area contributed by atoms with Gasteiger partial charge in [-0.1, -0.05) is 13.8 Å². The number of nitrogens with two attached hydrogens (primary N) is 1. The summed E-state index contributed by atoms with van der Waals surface area (Å²) in [6.45, 7) is 4.18. The smallest absolute Gasteiger partial charge is 0.239 e. The zero-order chi connectivity index (χ0) is 15.0. The summed E-state index contributed by atoms with van der Waals surface area (Å²) in [5.41, 5.74) is 5.66. The number of nitrogens with one attached hydrogen (secondary N) is 3. The van der Waals surface area contributed by atoms with Crippen LogP contribution in [0.3, 0.4) is 0 Å². The molecule has 2 amide bonds. The Morgan fingerprint density at radius 2 is 2.15 bits per heavy atom. The van der Waals surface area contributed by atoms with Gasteiger partial charge in [0.2, 0.25) is 11.8 Å². The lowest BCUT2D eigenvalue weighted by Gasteiger charge is -2.15. The van der Waals surface area contributed by atoms with Crippen LogP contribution in [0.25, 0.3) is 0 Å². The number of hydrogen-bond acceptors (Lipinski definition) is 5. The first-order valence-electron chi connectivity index (χ1n) is 6.65. The van der Waals surface area contributed by atoms with Gasteiger partial charge >= 0.3 is 0 Å². The number of rotatable bonds is 8. The van der Waals surface area contributed by atoms with Gasteiger partial charge in [0, 0.05) is 13.0 Å². The summed E-state index contributed by atoms with van der Waals surface area (Å²) in [6, 6.07) is -0.589. The lowest BCUT2D eigenvalue weighted by Crippen LogP contribution is -2.47. The molecule has 8 heteroatoms. The van der Waals surface area contributed by atoms with E-state index < -0.39 is 6.04 Å². The van der Waals surface area contributed by atoms with Crippen LogP contribution in [0, 0.1) is 5.92 Å². The minimum Gasteiger partial charge on any atom is -0.355 e. The highest BCUT2D eigenvalue weighted by Crippen LogP contribution is 1.97. The van der Waals surface area contributed by atoms with Crippen LogP contribution in [0.2, 0.25) is 0 Å². The number of aryl methyl sites for hydroxylation is 1. The van der Waals surface area contributed by atoms with Crippen molar-refractivity contribution in [2.75, 3.05) is 13.1 Å². The molecule has 1 rings (SSSR count). The molecule has 0 saturated heterocycles.